The van der Waals surface area contributed by atoms with Crippen molar-refractivity contribution in [1.29, 1.82) is 0 Å². The number of carbonyl (C=O) groups excluding carboxylic acids is 2. The Hall–Kier alpha value is -2.32. The van der Waals surface area contributed by atoms with Gasteiger partial charge >= 0.3 is 6.18 Å². The van der Waals surface area contributed by atoms with Gasteiger partial charge in [-0.3, -0.25) is 14.4 Å². The molecule has 0 aromatic carbocycles. The number of piperazine rings is 1. The van der Waals surface area contributed by atoms with Crippen molar-refractivity contribution in [1.82, 2.24) is 15.2 Å². The van der Waals surface area contributed by atoms with Crippen LogP contribution < -0.4 is 10.9 Å². The predicted octanol–water partition coefficient (Wildman–Crippen LogP) is 1.13. The van der Waals surface area contributed by atoms with Crippen molar-refractivity contribution in [3.8, 4) is 0 Å². The van der Waals surface area contributed by atoms with E-state index in [1.165, 1.54) is 4.90 Å². The Morgan fingerprint density at radius 2 is 2.00 bits per heavy atom. The molecule has 0 radical (unpaired) electrons. The molecule has 126 valence electrons. The lowest BCUT2D eigenvalue weighted by atomic mass is 9.92. The smallest absolute Gasteiger partial charge is 0.352 e. The molecule has 0 aliphatic carbocycles. The lowest BCUT2D eigenvalue weighted by molar-refractivity contribution is -0.141. The first kappa shape index (κ1) is 17.0. The maximum atomic E-state index is 12.6. The number of rotatable bonds is 2. The SMILES string of the molecule is CCC1(C)C(=O)NCCN1C(=O)c1ccc(C(F)(F)F)[nH]c1=O. The molecular formula is C14H16F3N3O3. The van der Waals surface area contributed by atoms with E-state index >= 15 is 0 Å². The molecule has 1 saturated heterocycles. The Balaban J connectivity index is 2.40. The normalized spacial score (nSPS) is 22.0. The average Bonchev–Trinajstić information content (AvgIpc) is 2.48. The average molecular weight is 331 g/mol. The minimum Gasteiger partial charge on any atom is -0.352 e. The molecule has 2 N–H and O–H groups in total. The van der Waals surface area contributed by atoms with Crippen LogP contribution in [0.4, 0.5) is 13.2 Å². The van der Waals surface area contributed by atoms with Gasteiger partial charge in [-0.2, -0.15) is 13.2 Å². The third kappa shape index (κ3) is 2.95. The molecule has 1 fully saturated rings. The molecule has 0 bridgehead atoms. The highest BCUT2D eigenvalue weighted by Crippen LogP contribution is 2.27. The zero-order valence-corrected chi connectivity index (χ0v) is 12.6. The molecule has 0 saturated carbocycles. The highest BCUT2D eigenvalue weighted by molar-refractivity contribution is 5.99. The quantitative estimate of drug-likeness (QED) is 0.852. The molecule has 1 aliphatic rings. The van der Waals surface area contributed by atoms with Gasteiger partial charge in [-0.15, -0.1) is 0 Å². The molecule has 1 aliphatic heterocycles. The minimum absolute atomic E-state index is 0.176. The number of nitrogens with zero attached hydrogens (tertiary/aromatic N) is 1. The summed E-state index contributed by atoms with van der Waals surface area (Å²) in [5.41, 5.74) is -3.93. The van der Waals surface area contributed by atoms with E-state index in [9.17, 15) is 27.6 Å². The summed E-state index contributed by atoms with van der Waals surface area (Å²) in [7, 11) is 0. The van der Waals surface area contributed by atoms with Crippen LogP contribution >= 0.6 is 0 Å². The summed E-state index contributed by atoms with van der Waals surface area (Å²) in [6.07, 6.45) is -4.40. The number of aromatic amines is 1. The van der Waals surface area contributed by atoms with E-state index < -0.39 is 34.4 Å². The molecule has 2 amide bonds. The molecule has 6 nitrogen and oxygen atoms in total. The Bertz CT molecular complexity index is 698. The summed E-state index contributed by atoms with van der Waals surface area (Å²) in [5.74, 6) is -1.12. The summed E-state index contributed by atoms with van der Waals surface area (Å²) < 4.78 is 37.7. The van der Waals surface area contributed by atoms with Gasteiger partial charge in [0.2, 0.25) is 5.91 Å². The number of halogens is 3. The van der Waals surface area contributed by atoms with Crippen LogP contribution in [0.5, 0.6) is 0 Å². The van der Waals surface area contributed by atoms with E-state index in [1.54, 1.807) is 18.8 Å². The van der Waals surface area contributed by atoms with Crippen molar-refractivity contribution in [2.75, 3.05) is 13.1 Å². The van der Waals surface area contributed by atoms with Gasteiger partial charge in [0.25, 0.3) is 11.5 Å². The van der Waals surface area contributed by atoms with Gasteiger partial charge in [0, 0.05) is 13.1 Å². The van der Waals surface area contributed by atoms with Crippen molar-refractivity contribution >= 4 is 11.8 Å². The number of carbonyl (C=O) groups is 2. The first-order chi connectivity index (χ1) is 10.6. The van der Waals surface area contributed by atoms with E-state index in [0.29, 0.717) is 12.5 Å². The number of H-pyrrole nitrogens is 1. The monoisotopic (exact) mass is 331 g/mol. The second-order valence-corrected chi connectivity index (χ2v) is 5.45. The maximum Gasteiger partial charge on any atom is 0.431 e. The Labute approximate surface area is 129 Å². The van der Waals surface area contributed by atoms with Crippen molar-refractivity contribution < 1.29 is 22.8 Å². The summed E-state index contributed by atoms with van der Waals surface area (Å²) in [5, 5.41) is 2.64. The Morgan fingerprint density at radius 3 is 2.52 bits per heavy atom. The number of nitrogens with one attached hydrogen (secondary N) is 2. The molecule has 23 heavy (non-hydrogen) atoms. The lowest BCUT2D eigenvalue weighted by Gasteiger charge is -2.43. The van der Waals surface area contributed by atoms with Gasteiger partial charge in [0.05, 0.1) is 0 Å². The van der Waals surface area contributed by atoms with E-state index in [-0.39, 0.29) is 19.0 Å². The van der Waals surface area contributed by atoms with Crippen LogP contribution in [0.3, 0.4) is 0 Å². The van der Waals surface area contributed by atoms with E-state index in [4.69, 9.17) is 0 Å². The summed E-state index contributed by atoms with van der Waals surface area (Å²) in [6, 6.07) is 1.48. The molecule has 2 heterocycles. The van der Waals surface area contributed by atoms with Crippen LogP contribution in [-0.4, -0.2) is 40.3 Å². The second kappa shape index (κ2) is 5.71. The molecular weight excluding hydrogens is 315 g/mol. The number of aromatic nitrogens is 1. The number of pyridine rings is 1. The lowest BCUT2D eigenvalue weighted by Crippen LogP contribution is -2.65. The van der Waals surface area contributed by atoms with E-state index in [2.05, 4.69) is 5.32 Å². The molecule has 1 aromatic heterocycles. The zero-order valence-electron chi connectivity index (χ0n) is 12.6. The van der Waals surface area contributed by atoms with Crippen LogP contribution in [0.15, 0.2) is 16.9 Å². The number of hydrogen-bond acceptors (Lipinski definition) is 3. The number of amides is 2. The van der Waals surface area contributed by atoms with Gasteiger partial charge in [-0.05, 0) is 25.5 Å². The first-order valence-corrected chi connectivity index (χ1v) is 7.02. The minimum atomic E-state index is -4.70. The zero-order chi connectivity index (χ0) is 17.4. The summed E-state index contributed by atoms with van der Waals surface area (Å²) in [4.78, 5) is 39.3. The maximum absolute atomic E-state index is 12.6. The third-order valence-electron chi connectivity index (χ3n) is 4.08. The van der Waals surface area contributed by atoms with Crippen LogP contribution in [0.2, 0.25) is 0 Å². The third-order valence-corrected chi connectivity index (χ3v) is 4.08. The van der Waals surface area contributed by atoms with Gasteiger partial charge in [-0.25, -0.2) is 0 Å². The fourth-order valence-electron chi connectivity index (χ4n) is 2.47. The fourth-order valence-corrected chi connectivity index (χ4v) is 2.47. The molecule has 2 rings (SSSR count). The van der Waals surface area contributed by atoms with Crippen LogP contribution in [-0.2, 0) is 11.0 Å². The van der Waals surface area contributed by atoms with Crippen molar-refractivity contribution in [3.05, 3.63) is 33.7 Å². The summed E-state index contributed by atoms with van der Waals surface area (Å²) >= 11 is 0. The van der Waals surface area contributed by atoms with Gasteiger partial charge < -0.3 is 15.2 Å². The topological polar surface area (TPSA) is 82.3 Å². The summed E-state index contributed by atoms with van der Waals surface area (Å²) in [6.45, 7) is 3.66. The standard InChI is InChI=1S/C14H16F3N3O3/c1-3-13(2)12(23)18-6-7-20(13)11(22)8-4-5-9(14(15,16)17)19-10(8)21/h4-5H,3,6-7H2,1-2H3,(H,18,23)(H,19,21). The number of alkyl halides is 3. The van der Waals surface area contributed by atoms with E-state index in [0.717, 1.165) is 6.07 Å². The Kier molecular flexibility index (Phi) is 4.23. The molecule has 1 aromatic rings. The molecule has 0 spiro atoms. The van der Waals surface area contributed by atoms with Gasteiger partial charge in [0.15, 0.2) is 0 Å². The van der Waals surface area contributed by atoms with Crippen molar-refractivity contribution in [3.63, 3.8) is 0 Å². The largest absolute Gasteiger partial charge is 0.431 e. The second-order valence-electron chi connectivity index (χ2n) is 5.45. The predicted molar refractivity (Wildman–Crippen MR) is 74.8 cm³/mol. The van der Waals surface area contributed by atoms with Crippen molar-refractivity contribution in [2.45, 2.75) is 32.0 Å². The highest BCUT2D eigenvalue weighted by Gasteiger charge is 2.44. The molecule has 1 unspecified atom stereocenters. The van der Waals surface area contributed by atoms with Gasteiger partial charge in [0.1, 0.15) is 16.8 Å². The van der Waals surface area contributed by atoms with Crippen molar-refractivity contribution in [2.24, 2.45) is 0 Å². The fraction of sp³-hybridized carbons (Fsp3) is 0.500. The molecule has 9 heteroatoms. The highest BCUT2D eigenvalue weighted by atomic mass is 19.4. The van der Waals surface area contributed by atoms with Crippen LogP contribution in [0, 0.1) is 0 Å². The van der Waals surface area contributed by atoms with Crippen LogP contribution in [0.25, 0.3) is 0 Å². The van der Waals surface area contributed by atoms with Crippen LogP contribution in [0.1, 0.15) is 36.3 Å². The van der Waals surface area contributed by atoms with Gasteiger partial charge in [-0.1, -0.05) is 6.92 Å². The molecule has 1 atom stereocenters. The number of hydrogen-bond donors (Lipinski definition) is 2. The van der Waals surface area contributed by atoms with E-state index in [1.807, 2.05) is 0 Å². The first-order valence-electron chi connectivity index (χ1n) is 7.02. The Morgan fingerprint density at radius 1 is 1.35 bits per heavy atom.